The highest BCUT2D eigenvalue weighted by Gasteiger charge is 2.04. The smallest absolute Gasteiger partial charge is 0.128 e. The number of rotatable bonds is 3. The Kier molecular flexibility index (Phi) is 3.87. The third kappa shape index (κ3) is 3.02. The highest BCUT2D eigenvalue weighted by Crippen LogP contribution is 2.23. The van der Waals surface area contributed by atoms with Crippen LogP contribution in [-0.2, 0) is 6.54 Å². The molecule has 0 heterocycles. The molecule has 0 aliphatic carbocycles. The Hall–Kier alpha value is -1.54. The SMILES string of the molecule is Cc1ccc(F)c(CNc2cc(C)ccc2Cl)c1. The summed E-state index contributed by atoms with van der Waals surface area (Å²) in [5, 5.41) is 3.81. The van der Waals surface area contributed by atoms with E-state index in [-0.39, 0.29) is 5.82 Å². The van der Waals surface area contributed by atoms with Crippen molar-refractivity contribution in [2.24, 2.45) is 0 Å². The molecule has 0 aliphatic rings. The van der Waals surface area contributed by atoms with Crippen molar-refractivity contribution in [3.8, 4) is 0 Å². The maximum atomic E-state index is 13.6. The summed E-state index contributed by atoms with van der Waals surface area (Å²) in [6, 6.07) is 10.8. The maximum Gasteiger partial charge on any atom is 0.128 e. The van der Waals surface area contributed by atoms with Crippen LogP contribution in [0.5, 0.6) is 0 Å². The predicted molar refractivity (Wildman–Crippen MR) is 74.7 cm³/mol. The summed E-state index contributed by atoms with van der Waals surface area (Å²) in [5.41, 5.74) is 3.64. The Morgan fingerprint density at radius 3 is 2.50 bits per heavy atom. The van der Waals surface area contributed by atoms with Gasteiger partial charge in [0.25, 0.3) is 0 Å². The first kappa shape index (κ1) is 12.9. The second kappa shape index (κ2) is 5.40. The van der Waals surface area contributed by atoms with Crippen molar-refractivity contribution in [1.29, 1.82) is 0 Å². The van der Waals surface area contributed by atoms with Gasteiger partial charge in [0, 0.05) is 12.1 Å². The highest BCUT2D eigenvalue weighted by molar-refractivity contribution is 6.33. The van der Waals surface area contributed by atoms with Gasteiger partial charge in [0.2, 0.25) is 0 Å². The molecule has 0 saturated heterocycles. The van der Waals surface area contributed by atoms with Crippen molar-refractivity contribution in [3.05, 3.63) is 63.9 Å². The maximum absolute atomic E-state index is 13.6. The van der Waals surface area contributed by atoms with Gasteiger partial charge in [-0.1, -0.05) is 35.4 Å². The van der Waals surface area contributed by atoms with Crippen LogP contribution in [0, 0.1) is 19.7 Å². The van der Waals surface area contributed by atoms with E-state index in [2.05, 4.69) is 5.32 Å². The minimum atomic E-state index is -0.197. The Morgan fingerprint density at radius 1 is 1.06 bits per heavy atom. The van der Waals surface area contributed by atoms with Crippen molar-refractivity contribution in [1.82, 2.24) is 0 Å². The van der Waals surface area contributed by atoms with Crippen LogP contribution in [0.1, 0.15) is 16.7 Å². The van der Waals surface area contributed by atoms with Crippen LogP contribution in [0.3, 0.4) is 0 Å². The van der Waals surface area contributed by atoms with Crippen LogP contribution < -0.4 is 5.32 Å². The summed E-state index contributed by atoms with van der Waals surface area (Å²) >= 11 is 6.08. The summed E-state index contributed by atoms with van der Waals surface area (Å²) in [6.45, 7) is 4.37. The van der Waals surface area contributed by atoms with Crippen molar-refractivity contribution < 1.29 is 4.39 Å². The standard InChI is InChI=1S/C15H15ClFN/c1-10-4-6-14(17)12(7-10)9-18-15-8-11(2)3-5-13(15)16/h3-8,18H,9H2,1-2H3. The van der Waals surface area contributed by atoms with Crippen LogP contribution in [0.2, 0.25) is 5.02 Å². The molecule has 2 rings (SSSR count). The molecule has 0 amide bonds. The van der Waals surface area contributed by atoms with E-state index >= 15 is 0 Å². The Labute approximate surface area is 112 Å². The van der Waals surface area contributed by atoms with Gasteiger partial charge in [0.15, 0.2) is 0 Å². The van der Waals surface area contributed by atoms with E-state index in [0.717, 1.165) is 16.8 Å². The monoisotopic (exact) mass is 263 g/mol. The first-order valence-corrected chi connectivity index (χ1v) is 6.19. The Morgan fingerprint density at radius 2 is 1.72 bits per heavy atom. The second-order valence-corrected chi connectivity index (χ2v) is 4.84. The number of aryl methyl sites for hydroxylation is 2. The van der Waals surface area contributed by atoms with Crippen LogP contribution in [0.15, 0.2) is 36.4 Å². The fraction of sp³-hybridized carbons (Fsp3) is 0.200. The molecule has 0 spiro atoms. The molecule has 0 aromatic heterocycles. The fourth-order valence-corrected chi connectivity index (χ4v) is 1.99. The average molecular weight is 264 g/mol. The molecule has 1 N–H and O–H groups in total. The molecule has 18 heavy (non-hydrogen) atoms. The van der Waals surface area contributed by atoms with E-state index in [4.69, 9.17) is 11.6 Å². The number of benzene rings is 2. The lowest BCUT2D eigenvalue weighted by atomic mass is 10.1. The van der Waals surface area contributed by atoms with Crippen LogP contribution >= 0.6 is 11.6 Å². The minimum Gasteiger partial charge on any atom is -0.380 e. The molecule has 94 valence electrons. The molecule has 0 unspecified atom stereocenters. The molecule has 0 atom stereocenters. The van der Waals surface area contributed by atoms with E-state index in [1.165, 1.54) is 6.07 Å². The van der Waals surface area contributed by atoms with E-state index in [1.54, 1.807) is 6.07 Å². The summed E-state index contributed by atoms with van der Waals surface area (Å²) in [7, 11) is 0. The molecule has 0 fully saturated rings. The van der Waals surface area contributed by atoms with Gasteiger partial charge in [-0.3, -0.25) is 0 Å². The van der Waals surface area contributed by atoms with Crippen molar-refractivity contribution in [3.63, 3.8) is 0 Å². The summed E-state index contributed by atoms with van der Waals surface area (Å²) < 4.78 is 13.6. The largest absolute Gasteiger partial charge is 0.380 e. The lowest BCUT2D eigenvalue weighted by Crippen LogP contribution is -2.03. The topological polar surface area (TPSA) is 12.0 Å². The number of halogens is 2. The number of nitrogens with one attached hydrogen (secondary N) is 1. The van der Waals surface area contributed by atoms with Gasteiger partial charge in [-0.25, -0.2) is 4.39 Å². The second-order valence-electron chi connectivity index (χ2n) is 4.43. The zero-order valence-electron chi connectivity index (χ0n) is 10.4. The van der Waals surface area contributed by atoms with E-state index < -0.39 is 0 Å². The molecular formula is C15H15ClFN. The van der Waals surface area contributed by atoms with Crippen molar-refractivity contribution in [2.45, 2.75) is 20.4 Å². The van der Waals surface area contributed by atoms with Gasteiger partial charge < -0.3 is 5.32 Å². The lowest BCUT2D eigenvalue weighted by Gasteiger charge is -2.10. The molecule has 2 aromatic rings. The summed E-state index contributed by atoms with van der Waals surface area (Å²) in [6.07, 6.45) is 0. The average Bonchev–Trinajstić information content (AvgIpc) is 2.34. The number of anilines is 1. The first-order chi connectivity index (χ1) is 8.56. The van der Waals surface area contributed by atoms with Gasteiger partial charge in [0.05, 0.1) is 10.7 Å². The number of hydrogen-bond acceptors (Lipinski definition) is 1. The van der Waals surface area contributed by atoms with Gasteiger partial charge in [-0.2, -0.15) is 0 Å². The van der Waals surface area contributed by atoms with Gasteiger partial charge in [0.1, 0.15) is 5.82 Å². The van der Waals surface area contributed by atoms with Crippen molar-refractivity contribution >= 4 is 17.3 Å². The molecular weight excluding hydrogens is 249 g/mol. The quantitative estimate of drug-likeness (QED) is 0.846. The van der Waals surface area contributed by atoms with Crippen molar-refractivity contribution in [2.75, 3.05) is 5.32 Å². The van der Waals surface area contributed by atoms with Gasteiger partial charge in [-0.15, -0.1) is 0 Å². The molecule has 3 heteroatoms. The molecule has 0 saturated carbocycles. The van der Waals surface area contributed by atoms with Crippen LogP contribution in [0.25, 0.3) is 0 Å². The zero-order valence-corrected chi connectivity index (χ0v) is 11.2. The normalized spacial score (nSPS) is 10.4. The third-order valence-corrected chi connectivity index (χ3v) is 3.12. The lowest BCUT2D eigenvalue weighted by molar-refractivity contribution is 0.612. The fourth-order valence-electron chi connectivity index (χ4n) is 1.80. The Bertz CT molecular complexity index is 515. The molecule has 2 aromatic carbocycles. The number of hydrogen-bond donors (Lipinski definition) is 1. The van der Waals surface area contributed by atoms with Gasteiger partial charge >= 0.3 is 0 Å². The predicted octanol–water partition coefficient (Wildman–Crippen LogP) is 4.71. The Balaban J connectivity index is 2.16. The van der Waals surface area contributed by atoms with E-state index in [0.29, 0.717) is 17.1 Å². The van der Waals surface area contributed by atoms with E-state index in [1.807, 2.05) is 38.1 Å². The highest BCUT2D eigenvalue weighted by atomic mass is 35.5. The summed E-state index contributed by atoms with van der Waals surface area (Å²) in [5.74, 6) is -0.197. The molecule has 0 aliphatic heterocycles. The first-order valence-electron chi connectivity index (χ1n) is 5.81. The van der Waals surface area contributed by atoms with E-state index in [9.17, 15) is 4.39 Å². The molecule has 1 nitrogen and oxygen atoms in total. The molecule has 0 bridgehead atoms. The molecule has 0 radical (unpaired) electrons. The van der Waals surface area contributed by atoms with Gasteiger partial charge in [-0.05, 0) is 37.6 Å². The van der Waals surface area contributed by atoms with Crippen LogP contribution in [-0.4, -0.2) is 0 Å². The van der Waals surface area contributed by atoms with Crippen LogP contribution in [0.4, 0.5) is 10.1 Å². The minimum absolute atomic E-state index is 0.197. The summed E-state index contributed by atoms with van der Waals surface area (Å²) in [4.78, 5) is 0. The third-order valence-electron chi connectivity index (χ3n) is 2.79. The zero-order chi connectivity index (χ0) is 13.1.